The van der Waals surface area contributed by atoms with E-state index in [9.17, 15) is 9.90 Å². The number of benzene rings is 1. The number of aromatic nitrogens is 2. The number of aliphatic hydroxyl groups excluding tert-OH is 1. The molecule has 2 amide bonds. The van der Waals surface area contributed by atoms with Gasteiger partial charge in [-0.2, -0.15) is 0 Å². The number of nitrogens with zero attached hydrogens (tertiary/aromatic N) is 3. The summed E-state index contributed by atoms with van der Waals surface area (Å²) in [5.74, 6) is 0. The lowest BCUT2D eigenvalue weighted by Gasteiger charge is -2.40. The normalized spacial score (nSPS) is 16.6. The molecule has 1 aromatic heterocycles. The first-order valence-electron chi connectivity index (χ1n) is 8.87. The highest BCUT2D eigenvalue weighted by atomic mass is 16.3. The molecule has 1 fully saturated rings. The van der Waals surface area contributed by atoms with Crippen LogP contribution in [-0.4, -0.2) is 45.3 Å². The van der Waals surface area contributed by atoms with Crippen molar-refractivity contribution in [3.8, 4) is 5.69 Å². The van der Waals surface area contributed by atoms with Gasteiger partial charge >= 0.3 is 6.03 Å². The zero-order valence-corrected chi connectivity index (χ0v) is 14.7. The second kappa shape index (κ2) is 7.70. The molecule has 1 aliphatic heterocycles. The summed E-state index contributed by atoms with van der Waals surface area (Å²) in [5, 5.41) is 12.6. The van der Waals surface area contributed by atoms with Crippen molar-refractivity contribution < 1.29 is 9.90 Å². The summed E-state index contributed by atoms with van der Waals surface area (Å²) in [4.78, 5) is 18.2. The van der Waals surface area contributed by atoms with Crippen molar-refractivity contribution in [3.63, 3.8) is 0 Å². The van der Waals surface area contributed by atoms with Gasteiger partial charge in [0.1, 0.15) is 0 Å². The van der Waals surface area contributed by atoms with E-state index in [1.165, 1.54) is 0 Å². The number of nitrogens with one attached hydrogen (secondary N) is 1. The second-order valence-corrected chi connectivity index (χ2v) is 6.79. The minimum absolute atomic E-state index is 0.0000665. The molecule has 2 heterocycles. The maximum Gasteiger partial charge on any atom is 0.317 e. The van der Waals surface area contributed by atoms with Crippen LogP contribution < -0.4 is 5.32 Å². The van der Waals surface area contributed by atoms with Crippen LogP contribution in [0.2, 0.25) is 0 Å². The third kappa shape index (κ3) is 4.02. The maximum atomic E-state index is 12.4. The van der Waals surface area contributed by atoms with E-state index in [0.29, 0.717) is 19.6 Å². The maximum absolute atomic E-state index is 12.4. The summed E-state index contributed by atoms with van der Waals surface area (Å²) in [5.41, 5.74) is 2.11. The third-order valence-corrected chi connectivity index (χ3v) is 5.38. The topological polar surface area (TPSA) is 70.4 Å². The fourth-order valence-corrected chi connectivity index (χ4v) is 3.29. The van der Waals surface area contributed by atoms with Gasteiger partial charge in [-0.3, -0.25) is 0 Å². The van der Waals surface area contributed by atoms with Crippen LogP contribution in [0.1, 0.15) is 31.7 Å². The molecule has 6 heteroatoms. The molecule has 0 spiro atoms. The van der Waals surface area contributed by atoms with Crippen LogP contribution in [0, 0.1) is 5.41 Å². The van der Waals surface area contributed by atoms with E-state index >= 15 is 0 Å². The molecule has 0 saturated carbocycles. The fraction of sp³-hybridized carbons (Fsp3) is 0.474. The Morgan fingerprint density at radius 1 is 1.28 bits per heavy atom. The fourth-order valence-electron chi connectivity index (χ4n) is 3.29. The molecule has 2 N–H and O–H groups in total. The number of urea groups is 1. The number of carbonyl (C=O) groups excluding carboxylic acids is 1. The SMILES string of the molecule is CCC1(CO)CCN(C(=O)NCc2ccc(-n3ccnc3)cc2)CC1. The summed E-state index contributed by atoms with van der Waals surface area (Å²) < 4.78 is 1.94. The molecule has 2 aromatic rings. The van der Waals surface area contributed by atoms with Gasteiger partial charge in [0.25, 0.3) is 0 Å². The molecule has 25 heavy (non-hydrogen) atoms. The minimum Gasteiger partial charge on any atom is -0.396 e. The van der Waals surface area contributed by atoms with E-state index in [4.69, 9.17) is 0 Å². The minimum atomic E-state index is -0.0265. The number of aliphatic hydroxyl groups is 1. The zero-order valence-electron chi connectivity index (χ0n) is 14.7. The molecule has 3 rings (SSSR count). The van der Waals surface area contributed by atoms with Gasteiger partial charge in [-0.1, -0.05) is 19.1 Å². The van der Waals surface area contributed by atoms with Crippen LogP contribution in [-0.2, 0) is 6.54 Å². The van der Waals surface area contributed by atoms with E-state index in [-0.39, 0.29) is 18.1 Å². The standard InChI is InChI=1S/C19H26N4O2/c1-2-19(14-24)7-10-22(11-8-19)18(25)21-13-16-3-5-17(6-4-16)23-12-9-20-15-23/h3-6,9,12,15,24H,2,7-8,10-11,13-14H2,1H3,(H,21,25). The number of piperidine rings is 1. The predicted molar refractivity (Wildman–Crippen MR) is 96.4 cm³/mol. The first kappa shape index (κ1) is 17.5. The summed E-state index contributed by atoms with van der Waals surface area (Å²) >= 11 is 0. The lowest BCUT2D eigenvalue weighted by molar-refractivity contribution is 0.0519. The van der Waals surface area contributed by atoms with Crippen molar-refractivity contribution in [1.29, 1.82) is 0 Å². The number of hydrogen-bond donors (Lipinski definition) is 2. The molecule has 0 atom stereocenters. The van der Waals surface area contributed by atoms with E-state index in [1.54, 1.807) is 12.5 Å². The highest BCUT2D eigenvalue weighted by Crippen LogP contribution is 2.34. The van der Waals surface area contributed by atoms with Gasteiger partial charge in [-0.25, -0.2) is 9.78 Å². The van der Waals surface area contributed by atoms with Gasteiger partial charge < -0.3 is 19.9 Å². The summed E-state index contributed by atoms with van der Waals surface area (Å²) in [6, 6.07) is 8.03. The third-order valence-electron chi connectivity index (χ3n) is 5.38. The smallest absolute Gasteiger partial charge is 0.317 e. The molecule has 1 aliphatic rings. The van der Waals surface area contributed by atoms with Gasteiger partial charge in [0.15, 0.2) is 0 Å². The molecule has 0 aliphatic carbocycles. The molecule has 1 aromatic carbocycles. The monoisotopic (exact) mass is 342 g/mol. The lowest BCUT2D eigenvalue weighted by Crippen LogP contribution is -2.48. The number of imidazole rings is 1. The van der Waals surface area contributed by atoms with E-state index < -0.39 is 0 Å². The highest BCUT2D eigenvalue weighted by Gasteiger charge is 2.33. The summed E-state index contributed by atoms with van der Waals surface area (Å²) in [6.45, 7) is 4.25. The van der Waals surface area contributed by atoms with Gasteiger partial charge in [0, 0.05) is 44.3 Å². The number of rotatable bonds is 5. The van der Waals surface area contributed by atoms with E-state index in [0.717, 1.165) is 30.5 Å². The quantitative estimate of drug-likeness (QED) is 0.877. The van der Waals surface area contributed by atoms with Crippen molar-refractivity contribution in [1.82, 2.24) is 19.8 Å². The van der Waals surface area contributed by atoms with E-state index in [2.05, 4.69) is 17.2 Å². The number of hydrogen-bond acceptors (Lipinski definition) is 3. The van der Waals surface area contributed by atoms with Crippen LogP contribution in [0.5, 0.6) is 0 Å². The van der Waals surface area contributed by atoms with Crippen molar-refractivity contribution >= 4 is 6.03 Å². The average Bonchev–Trinajstić information content (AvgIpc) is 3.21. The van der Waals surface area contributed by atoms with Crippen LogP contribution in [0.3, 0.4) is 0 Å². The Balaban J connectivity index is 1.49. The van der Waals surface area contributed by atoms with Crippen molar-refractivity contribution in [2.24, 2.45) is 5.41 Å². The molecule has 0 unspecified atom stereocenters. The van der Waals surface area contributed by atoms with Gasteiger partial charge in [-0.05, 0) is 42.4 Å². The molecule has 134 valence electrons. The largest absolute Gasteiger partial charge is 0.396 e. The van der Waals surface area contributed by atoms with Gasteiger partial charge in [-0.15, -0.1) is 0 Å². The van der Waals surface area contributed by atoms with Gasteiger partial charge in [0.2, 0.25) is 0 Å². The molecular weight excluding hydrogens is 316 g/mol. The zero-order chi connectivity index (χ0) is 17.7. The summed E-state index contributed by atoms with van der Waals surface area (Å²) in [6.07, 6.45) is 8.10. The van der Waals surface area contributed by atoms with Gasteiger partial charge in [0.05, 0.1) is 6.33 Å². The first-order chi connectivity index (χ1) is 12.2. The number of amides is 2. The number of likely N-dealkylation sites (tertiary alicyclic amines) is 1. The molecule has 0 radical (unpaired) electrons. The molecule has 1 saturated heterocycles. The van der Waals surface area contributed by atoms with Crippen molar-refractivity contribution in [3.05, 3.63) is 48.5 Å². The molecule has 6 nitrogen and oxygen atoms in total. The lowest BCUT2D eigenvalue weighted by atomic mass is 9.77. The Kier molecular flexibility index (Phi) is 5.38. The molecule has 0 bridgehead atoms. The van der Waals surface area contributed by atoms with Crippen LogP contribution in [0.4, 0.5) is 4.79 Å². The molecular formula is C19H26N4O2. The number of carbonyl (C=O) groups is 1. The predicted octanol–water partition coefficient (Wildman–Crippen LogP) is 2.57. The Morgan fingerprint density at radius 3 is 2.56 bits per heavy atom. The first-order valence-corrected chi connectivity index (χ1v) is 8.87. The van der Waals surface area contributed by atoms with Crippen molar-refractivity contribution in [2.75, 3.05) is 19.7 Å². The van der Waals surface area contributed by atoms with E-state index in [1.807, 2.05) is 39.9 Å². The Labute approximate surface area is 148 Å². The Morgan fingerprint density at radius 2 is 2.00 bits per heavy atom. The van der Waals surface area contributed by atoms with Crippen LogP contribution in [0.25, 0.3) is 5.69 Å². The van der Waals surface area contributed by atoms with Crippen LogP contribution >= 0.6 is 0 Å². The Hall–Kier alpha value is -2.34. The average molecular weight is 342 g/mol. The van der Waals surface area contributed by atoms with Crippen molar-refractivity contribution in [2.45, 2.75) is 32.7 Å². The summed E-state index contributed by atoms with van der Waals surface area (Å²) in [7, 11) is 0. The second-order valence-electron chi connectivity index (χ2n) is 6.79. The Bertz CT molecular complexity index is 668. The van der Waals surface area contributed by atoms with Crippen LogP contribution in [0.15, 0.2) is 43.0 Å². The highest BCUT2D eigenvalue weighted by molar-refractivity contribution is 5.74.